The summed E-state index contributed by atoms with van der Waals surface area (Å²) in [5.74, 6) is 1.29. The molecule has 1 heterocycles. The van der Waals surface area contributed by atoms with Crippen LogP contribution in [0.1, 0.15) is 32.3 Å². The summed E-state index contributed by atoms with van der Waals surface area (Å²) in [6.45, 7) is 9.19. The first kappa shape index (κ1) is 14.1. The lowest BCUT2D eigenvalue weighted by Gasteiger charge is -2.12. The summed E-state index contributed by atoms with van der Waals surface area (Å²) < 4.78 is 0. The summed E-state index contributed by atoms with van der Waals surface area (Å²) in [6, 6.07) is 8.64. The lowest BCUT2D eigenvalue weighted by Crippen LogP contribution is -3.13. The van der Waals surface area contributed by atoms with Crippen molar-refractivity contribution >= 4 is 11.5 Å². The molecule has 1 aromatic carbocycles. The maximum Gasteiger partial charge on any atom is 0.247 e. The van der Waals surface area contributed by atoms with E-state index in [0.717, 1.165) is 13.0 Å². The molecule has 1 aliphatic rings. The Hall–Kier alpha value is -1.35. The van der Waals surface area contributed by atoms with Gasteiger partial charge in [-0.2, -0.15) is 0 Å². The highest BCUT2D eigenvalue weighted by atomic mass is 15.1. The highest BCUT2D eigenvalue weighted by Gasteiger charge is 2.16. The van der Waals surface area contributed by atoms with E-state index in [9.17, 15) is 0 Å². The Morgan fingerprint density at radius 1 is 1.16 bits per heavy atom. The van der Waals surface area contributed by atoms with Crippen LogP contribution >= 0.6 is 0 Å². The number of hydrogen-bond acceptors (Lipinski definition) is 0. The van der Waals surface area contributed by atoms with Gasteiger partial charge in [0.05, 0.1) is 13.1 Å². The molecule has 0 fully saturated rings. The molecule has 1 aromatic rings. The van der Waals surface area contributed by atoms with Crippen LogP contribution in [0.3, 0.4) is 0 Å². The average Bonchev–Trinajstić information content (AvgIpc) is 2.65. The molecule has 19 heavy (non-hydrogen) atoms. The van der Waals surface area contributed by atoms with Crippen LogP contribution in [0.4, 0.5) is 5.69 Å². The molecule has 1 aliphatic heterocycles. The molecular formula is C16H27N3+2. The summed E-state index contributed by atoms with van der Waals surface area (Å²) >= 11 is 0. The molecule has 0 aromatic heterocycles. The molecule has 0 saturated carbocycles. The number of rotatable bonds is 5. The Morgan fingerprint density at radius 2 is 1.95 bits per heavy atom. The number of amidine groups is 1. The van der Waals surface area contributed by atoms with Gasteiger partial charge in [0.2, 0.25) is 5.84 Å². The van der Waals surface area contributed by atoms with Crippen molar-refractivity contribution in [2.45, 2.75) is 33.1 Å². The molecule has 0 atom stereocenters. The molecule has 0 unspecified atom stereocenters. The van der Waals surface area contributed by atoms with Gasteiger partial charge in [-0.15, -0.1) is 0 Å². The minimum Gasteiger partial charge on any atom is -0.332 e. The topological polar surface area (TPSA) is 30.4 Å². The molecule has 0 spiro atoms. The molecule has 3 N–H and O–H groups in total. The van der Waals surface area contributed by atoms with Crippen molar-refractivity contribution in [3.8, 4) is 0 Å². The van der Waals surface area contributed by atoms with Crippen LogP contribution in [0.2, 0.25) is 0 Å². The zero-order chi connectivity index (χ0) is 13.5. The second-order valence-corrected chi connectivity index (χ2v) is 5.25. The summed E-state index contributed by atoms with van der Waals surface area (Å²) in [6.07, 6.45) is 3.53. The van der Waals surface area contributed by atoms with Gasteiger partial charge in [-0.25, -0.2) is 5.32 Å². The van der Waals surface area contributed by atoms with Crippen LogP contribution in [-0.2, 0) is 6.42 Å². The van der Waals surface area contributed by atoms with Crippen LogP contribution in [-0.4, -0.2) is 32.0 Å². The van der Waals surface area contributed by atoms with Crippen molar-refractivity contribution in [1.29, 1.82) is 0 Å². The Labute approximate surface area is 116 Å². The van der Waals surface area contributed by atoms with Gasteiger partial charge in [0, 0.05) is 6.42 Å². The van der Waals surface area contributed by atoms with E-state index >= 15 is 0 Å². The molecule has 2 rings (SSSR count). The van der Waals surface area contributed by atoms with E-state index in [4.69, 9.17) is 0 Å². The van der Waals surface area contributed by atoms with Crippen molar-refractivity contribution in [3.05, 3.63) is 29.8 Å². The number of benzene rings is 1. The molecule has 0 amide bonds. The second kappa shape index (κ2) is 7.29. The molecule has 0 saturated heterocycles. The molecule has 0 aliphatic carbocycles. The van der Waals surface area contributed by atoms with Gasteiger partial charge in [0.15, 0.2) is 0 Å². The summed E-state index contributed by atoms with van der Waals surface area (Å²) in [5, 5.41) is 3.57. The fourth-order valence-electron chi connectivity index (χ4n) is 2.67. The third-order valence-electron chi connectivity index (χ3n) is 3.99. The van der Waals surface area contributed by atoms with E-state index in [2.05, 4.69) is 48.4 Å². The second-order valence-electron chi connectivity index (χ2n) is 5.25. The maximum absolute atomic E-state index is 3.59. The predicted octanol–water partition coefficient (Wildman–Crippen LogP) is -0.161. The molecule has 0 radical (unpaired) electrons. The van der Waals surface area contributed by atoms with E-state index in [1.807, 2.05) is 0 Å². The molecular weight excluding hydrogens is 234 g/mol. The lowest BCUT2D eigenvalue weighted by molar-refractivity contribution is -0.903. The van der Waals surface area contributed by atoms with Crippen molar-refractivity contribution in [3.63, 3.8) is 0 Å². The van der Waals surface area contributed by atoms with Gasteiger partial charge in [-0.1, -0.05) is 18.2 Å². The first-order valence-corrected chi connectivity index (χ1v) is 7.61. The Bertz CT molecular complexity index is 422. The molecule has 3 nitrogen and oxygen atoms in total. The number of nitrogens with one attached hydrogen (secondary N) is 3. The van der Waals surface area contributed by atoms with Crippen molar-refractivity contribution in [2.24, 2.45) is 0 Å². The third kappa shape index (κ3) is 4.06. The average molecular weight is 261 g/mol. The Morgan fingerprint density at radius 3 is 2.74 bits per heavy atom. The number of quaternary nitrogens is 1. The van der Waals surface area contributed by atoms with Gasteiger partial charge in [0.1, 0.15) is 18.8 Å². The Kier molecular flexibility index (Phi) is 5.40. The van der Waals surface area contributed by atoms with Gasteiger partial charge in [-0.3, -0.25) is 4.99 Å². The zero-order valence-electron chi connectivity index (χ0n) is 12.3. The quantitative estimate of drug-likeness (QED) is 0.676. The first-order valence-electron chi connectivity index (χ1n) is 7.61. The zero-order valence-corrected chi connectivity index (χ0v) is 12.3. The van der Waals surface area contributed by atoms with Crippen LogP contribution in [0.5, 0.6) is 0 Å². The maximum atomic E-state index is 3.59. The minimum atomic E-state index is 1.06. The SMILES string of the molecule is CC[NH+](CC)CC[NH+]=C1CCCc2ccccc2N1. The van der Waals surface area contributed by atoms with E-state index in [-0.39, 0.29) is 0 Å². The standard InChI is InChI=1S/C16H25N3/c1-3-19(4-2)13-12-17-16-11-7-9-14-8-5-6-10-15(14)18-16/h5-6,8,10H,3-4,7,9,11-13H2,1-2H3,(H,17,18)/p+2. The van der Waals surface area contributed by atoms with Gasteiger partial charge in [-0.05, 0) is 38.3 Å². The number of hydrogen-bond donors (Lipinski definition) is 3. The Balaban J connectivity index is 1.94. The molecule has 104 valence electrons. The normalized spacial score (nSPS) is 17.1. The van der Waals surface area contributed by atoms with Gasteiger partial charge >= 0.3 is 0 Å². The van der Waals surface area contributed by atoms with Gasteiger partial charge < -0.3 is 4.90 Å². The third-order valence-corrected chi connectivity index (χ3v) is 3.99. The predicted molar refractivity (Wildman–Crippen MR) is 80.8 cm³/mol. The summed E-state index contributed by atoms with van der Waals surface area (Å²) in [7, 11) is 0. The summed E-state index contributed by atoms with van der Waals surface area (Å²) in [4.78, 5) is 5.24. The van der Waals surface area contributed by atoms with E-state index in [1.54, 1.807) is 4.90 Å². The van der Waals surface area contributed by atoms with Crippen molar-refractivity contribution in [2.75, 3.05) is 31.5 Å². The molecule has 0 bridgehead atoms. The van der Waals surface area contributed by atoms with Crippen LogP contribution in [0.15, 0.2) is 24.3 Å². The fraction of sp³-hybridized carbons (Fsp3) is 0.562. The largest absolute Gasteiger partial charge is 0.332 e. The van der Waals surface area contributed by atoms with Crippen LogP contribution in [0.25, 0.3) is 0 Å². The fourth-order valence-corrected chi connectivity index (χ4v) is 2.67. The van der Waals surface area contributed by atoms with E-state index in [0.29, 0.717) is 0 Å². The van der Waals surface area contributed by atoms with Gasteiger partial charge in [0.25, 0.3) is 0 Å². The van der Waals surface area contributed by atoms with E-state index < -0.39 is 0 Å². The summed E-state index contributed by atoms with van der Waals surface area (Å²) in [5.41, 5.74) is 2.71. The minimum absolute atomic E-state index is 1.06. The number of anilines is 1. The van der Waals surface area contributed by atoms with Crippen molar-refractivity contribution < 1.29 is 9.89 Å². The highest BCUT2D eigenvalue weighted by Crippen LogP contribution is 2.20. The van der Waals surface area contributed by atoms with E-state index in [1.165, 1.54) is 49.6 Å². The lowest BCUT2D eigenvalue weighted by atomic mass is 10.1. The van der Waals surface area contributed by atoms with Crippen LogP contribution in [0, 0.1) is 0 Å². The number of para-hydroxylation sites is 1. The smallest absolute Gasteiger partial charge is 0.247 e. The highest BCUT2D eigenvalue weighted by molar-refractivity contribution is 5.92. The first-order chi connectivity index (χ1) is 9.33. The number of likely N-dealkylation sites (N-methyl/N-ethyl adjacent to an activating group) is 1. The number of fused-ring (bicyclic) bond motifs is 1. The monoisotopic (exact) mass is 261 g/mol. The molecule has 3 heteroatoms. The van der Waals surface area contributed by atoms with Crippen molar-refractivity contribution in [1.82, 2.24) is 0 Å². The van der Waals surface area contributed by atoms with Crippen LogP contribution < -0.4 is 15.2 Å². The number of aryl methyl sites for hydroxylation is 1.